The van der Waals surface area contributed by atoms with Gasteiger partial charge in [0, 0.05) is 17.3 Å². The first-order valence-electron chi connectivity index (χ1n) is 8.17. The molecule has 0 saturated heterocycles. The van der Waals surface area contributed by atoms with Crippen LogP contribution in [0.15, 0.2) is 67.3 Å². The van der Waals surface area contributed by atoms with E-state index in [9.17, 15) is 8.78 Å². The van der Waals surface area contributed by atoms with Gasteiger partial charge in [-0.05, 0) is 31.2 Å². The van der Waals surface area contributed by atoms with Crippen molar-refractivity contribution in [2.24, 2.45) is 0 Å². The third-order valence-electron chi connectivity index (χ3n) is 3.80. The van der Waals surface area contributed by atoms with Crippen LogP contribution >= 0.6 is 11.6 Å². The zero-order chi connectivity index (χ0) is 19.4. The summed E-state index contributed by atoms with van der Waals surface area (Å²) in [5.41, 5.74) is 1.67. The maximum absolute atomic E-state index is 13.6. The molecule has 0 aliphatic rings. The number of nitrogens with zero attached hydrogens (tertiary/aromatic N) is 2. The quantitative estimate of drug-likeness (QED) is 0.514. The fourth-order valence-corrected chi connectivity index (χ4v) is 2.76. The molecule has 1 heterocycles. The molecule has 0 atom stereocenters. The second-order valence-corrected chi connectivity index (χ2v) is 6.04. The van der Waals surface area contributed by atoms with E-state index in [-0.39, 0.29) is 0 Å². The highest BCUT2D eigenvalue weighted by atomic mass is 35.5. The first-order valence-corrected chi connectivity index (χ1v) is 8.55. The molecule has 136 valence electrons. The minimum absolute atomic E-state index is 0.345. The smallest absolute Gasteiger partial charge is 0.162 e. The molecule has 3 aromatic rings. The number of benzene rings is 2. The molecule has 0 aliphatic heterocycles. The summed E-state index contributed by atoms with van der Waals surface area (Å²) in [7, 11) is 0. The van der Waals surface area contributed by atoms with Gasteiger partial charge in [0.2, 0.25) is 0 Å². The highest BCUT2D eigenvalue weighted by Gasteiger charge is 2.13. The molecule has 27 heavy (non-hydrogen) atoms. The Morgan fingerprint density at radius 3 is 2.67 bits per heavy atom. The zero-order valence-corrected chi connectivity index (χ0v) is 15.3. The van der Waals surface area contributed by atoms with Crippen LogP contribution in [0.2, 0.25) is 5.02 Å². The number of aromatic nitrogens is 2. The summed E-state index contributed by atoms with van der Waals surface area (Å²) in [5.74, 6) is -1.05. The van der Waals surface area contributed by atoms with Crippen molar-refractivity contribution in [3.63, 3.8) is 0 Å². The summed E-state index contributed by atoms with van der Waals surface area (Å²) in [4.78, 5) is 9.09. The Labute approximate surface area is 160 Å². The van der Waals surface area contributed by atoms with Gasteiger partial charge in [-0.1, -0.05) is 48.6 Å². The minimum atomic E-state index is -0.954. The molecule has 6 heteroatoms. The van der Waals surface area contributed by atoms with Crippen LogP contribution in [0.25, 0.3) is 16.5 Å². The molecule has 2 aromatic carbocycles. The van der Waals surface area contributed by atoms with E-state index in [0.717, 1.165) is 12.1 Å². The molecule has 0 saturated carbocycles. The highest BCUT2D eigenvalue weighted by molar-refractivity contribution is 6.36. The fourth-order valence-electron chi connectivity index (χ4n) is 2.51. The Morgan fingerprint density at radius 2 is 1.96 bits per heavy atom. The molecular formula is C21H16ClF2N3. The van der Waals surface area contributed by atoms with Crippen LogP contribution in [0, 0.1) is 11.6 Å². The third-order valence-corrected chi connectivity index (χ3v) is 4.12. The Balaban J connectivity index is 2.19. The zero-order valence-electron chi connectivity index (χ0n) is 14.5. The number of rotatable bonds is 5. The number of fused-ring (bicyclic) bond motifs is 1. The van der Waals surface area contributed by atoms with Crippen molar-refractivity contribution >= 4 is 39.6 Å². The van der Waals surface area contributed by atoms with Gasteiger partial charge in [-0.15, -0.1) is 0 Å². The molecule has 0 bridgehead atoms. The number of allylic oxidation sites excluding steroid dienone is 5. The van der Waals surface area contributed by atoms with E-state index in [4.69, 9.17) is 11.6 Å². The Morgan fingerprint density at radius 1 is 1.15 bits per heavy atom. The summed E-state index contributed by atoms with van der Waals surface area (Å²) in [5, 5.41) is 4.04. The summed E-state index contributed by atoms with van der Waals surface area (Å²) in [6.45, 7) is 5.70. The normalized spacial score (nSPS) is 11.9. The number of nitrogens with one attached hydrogen (secondary N) is 1. The van der Waals surface area contributed by atoms with Gasteiger partial charge in [-0.3, -0.25) is 0 Å². The number of halogens is 3. The van der Waals surface area contributed by atoms with Gasteiger partial charge in [0.15, 0.2) is 17.5 Å². The van der Waals surface area contributed by atoms with Gasteiger partial charge in [-0.2, -0.15) is 0 Å². The Bertz CT molecular complexity index is 1070. The Hall–Kier alpha value is -3.05. The van der Waals surface area contributed by atoms with E-state index in [1.165, 1.54) is 6.07 Å². The lowest BCUT2D eigenvalue weighted by Gasteiger charge is -2.12. The topological polar surface area (TPSA) is 37.8 Å². The Kier molecular flexibility index (Phi) is 5.62. The fraction of sp³-hybridized carbons (Fsp3) is 0.0476. The molecule has 1 N–H and O–H groups in total. The molecule has 0 unspecified atom stereocenters. The SMILES string of the molecule is C=C/C(=C\C=C/C)c1nc(Nc2ccc(F)c(F)c2)c2c(Cl)cccc2n1. The van der Waals surface area contributed by atoms with E-state index >= 15 is 0 Å². The lowest BCUT2D eigenvalue weighted by atomic mass is 10.1. The van der Waals surface area contributed by atoms with Crippen LogP contribution in [0.5, 0.6) is 0 Å². The van der Waals surface area contributed by atoms with Crippen molar-refractivity contribution in [1.29, 1.82) is 0 Å². The van der Waals surface area contributed by atoms with Crippen molar-refractivity contribution in [1.82, 2.24) is 9.97 Å². The van der Waals surface area contributed by atoms with Crippen LogP contribution in [0.3, 0.4) is 0 Å². The first-order chi connectivity index (χ1) is 13.0. The molecule has 0 radical (unpaired) electrons. The second kappa shape index (κ2) is 8.10. The van der Waals surface area contributed by atoms with Gasteiger partial charge < -0.3 is 5.32 Å². The van der Waals surface area contributed by atoms with Gasteiger partial charge >= 0.3 is 0 Å². The van der Waals surface area contributed by atoms with Crippen LogP contribution in [0.1, 0.15) is 12.7 Å². The average Bonchev–Trinajstić information content (AvgIpc) is 2.65. The molecule has 0 aliphatic carbocycles. The van der Waals surface area contributed by atoms with Gasteiger partial charge in [0.25, 0.3) is 0 Å². The van der Waals surface area contributed by atoms with Crippen LogP contribution in [-0.4, -0.2) is 9.97 Å². The summed E-state index contributed by atoms with van der Waals surface area (Å²) >= 11 is 6.33. The third kappa shape index (κ3) is 4.04. The summed E-state index contributed by atoms with van der Waals surface area (Å²) < 4.78 is 26.8. The number of anilines is 2. The molecule has 3 nitrogen and oxygen atoms in total. The molecule has 0 fully saturated rings. The predicted octanol–water partition coefficient (Wildman–Crippen LogP) is 6.45. The van der Waals surface area contributed by atoms with E-state index in [2.05, 4.69) is 21.9 Å². The highest BCUT2D eigenvalue weighted by Crippen LogP contribution is 2.31. The lowest BCUT2D eigenvalue weighted by Crippen LogP contribution is -2.02. The van der Waals surface area contributed by atoms with Crippen molar-refractivity contribution in [2.75, 3.05) is 5.32 Å². The molecule has 1 aromatic heterocycles. The minimum Gasteiger partial charge on any atom is -0.339 e. The molecular weight excluding hydrogens is 368 g/mol. The van der Waals surface area contributed by atoms with Crippen molar-refractivity contribution < 1.29 is 8.78 Å². The van der Waals surface area contributed by atoms with Crippen LogP contribution in [0.4, 0.5) is 20.3 Å². The monoisotopic (exact) mass is 383 g/mol. The van der Waals surface area contributed by atoms with Crippen molar-refractivity contribution in [3.8, 4) is 0 Å². The van der Waals surface area contributed by atoms with E-state index in [1.54, 1.807) is 24.3 Å². The predicted molar refractivity (Wildman–Crippen MR) is 107 cm³/mol. The number of hydrogen-bond donors (Lipinski definition) is 1. The number of hydrogen-bond acceptors (Lipinski definition) is 3. The van der Waals surface area contributed by atoms with Crippen LogP contribution < -0.4 is 5.32 Å². The second-order valence-electron chi connectivity index (χ2n) is 5.64. The summed E-state index contributed by atoms with van der Waals surface area (Å²) in [6, 6.07) is 8.83. The maximum atomic E-state index is 13.6. The van der Waals surface area contributed by atoms with E-state index < -0.39 is 11.6 Å². The van der Waals surface area contributed by atoms with Crippen molar-refractivity contribution in [2.45, 2.75) is 6.92 Å². The van der Waals surface area contributed by atoms with Crippen LogP contribution in [-0.2, 0) is 0 Å². The van der Waals surface area contributed by atoms with E-state index in [1.807, 2.05) is 25.2 Å². The van der Waals surface area contributed by atoms with Gasteiger partial charge in [0.05, 0.1) is 15.9 Å². The van der Waals surface area contributed by atoms with Gasteiger partial charge in [0.1, 0.15) is 5.82 Å². The average molecular weight is 384 g/mol. The van der Waals surface area contributed by atoms with Gasteiger partial charge in [-0.25, -0.2) is 18.7 Å². The largest absolute Gasteiger partial charge is 0.339 e. The molecule has 3 rings (SSSR count). The van der Waals surface area contributed by atoms with E-state index in [0.29, 0.717) is 38.8 Å². The molecule has 0 spiro atoms. The lowest BCUT2D eigenvalue weighted by molar-refractivity contribution is 0.509. The standard InChI is InChI=1S/C21H16ClF2N3/c1-3-5-7-13(4-2)20-26-18-9-6-8-15(22)19(18)21(27-20)25-14-10-11-16(23)17(24)12-14/h3-12H,2H2,1H3,(H,25,26,27)/b5-3-,13-7+. The summed E-state index contributed by atoms with van der Waals surface area (Å²) in [6.07, 6.45) is 7.21. The van der Waals surface area contributed by atoms with Crippen molar-refractivity contribution in [3.05, 3.63) is 89.8 Å². The molecule has 0 amide bonds. The maximum Gasteiger partial charge on any atom is 0.162 e. The first kappa shape index (κ1) is 18.7.